The zero-order valence-electron chi connectivity index (χ0n) is 20.3. The van der Waals surface area contributed by atoms with E-state index in [0.717, 1.165) is 16.7 Å². The average molecular weight is 459 g/mol. The molecule has 0 aromatic heterocycles. The Morgan fingerprint density at radius 2 is 1.31 bits per heavy atom. The molecule has 0 aliphatic rings. The summed E-state index contributed by atoms with van der Waals surface area (Å²) in [6, 6.07) is 7.00. The molecule has 0 fully saturated rings. The summed E-state index contributed by atoms with van der Waals surface area (Å²) in [4.78, 5) is 26.5. The van der Waals surface area contributed by atoms with Crippen molar-refractivity contribution in [2.75, 3.05) is 21.3 Å². The Morgan fingerprint density at radius 3 is 1.69 bits per heavy atom. The Hall–Kier alpha value is -2.72. The second-order valence-corrected chi connectivity index (χ2v) is 10.6. The molecule has 0 bridgehead atoms. The van der Waals surface area contributed by atoms with Gasteiger partial charge in [0.25, 0.3) is 0 Å². The van der Waals surface area contributed by atoms with E-state index in [4.69, 9.17) is 14.2 Å². The molecule has 7 heteroatoms. The third kappa shape index (κ3) is 5.02. The number of aryl methyl sites for hydroxylation is 2. The van der Waals surface area contributed by atoms with Gasteiger partial charge < -0.3 is 14.2 Å². The van der Waals surface area contributed by atoms with Crippen molar-refractivity contribution in [3.05, 3.63) is 52.1 Å². The summed E-state index contributed by atoms with van der Waals surface area (Å²) in [7, 11) is 1.68. The first kappa shape index (κ1) is 25.5. The van der Waals surface area contributed by atoms with Gasteiger partial charge in [-0.25, -0.2) is 4.79 Å². The summed E-state index contributed by atoms with van der Waals surface area (Å²) in [5.74, 6) is 0.466. The molecule has 0 aliphatic carbocycles. The molecule has 0 heterocycles. The molecule has 0 saturated carbocycles. The number of ketones is 1. The Balaban J connectivity index is 2.46. The fraction of sp³-hybridized carbons (Fsp3) is 0.440. The molecule has 2 unspecified atom stereocenters. The van der Waals surface area contributed by atoms with Gasteiger partial charge in [-0.1, -0.05) is 37.5 Å². The lowest BCUT2D eigenvalue weighted by Gasteiger charge is -2.22. The highest BCUT2D eigenvalue weighted by atomic mass is 31.1. The first-order chi connectivity index (χ1) is 14.9. The van der Waals surface area contributed by atoms with E-state index in [-0.39, 0.29) is 28.3 Å². The summed E-state index contributed by atoms with van der Waals surface area (Å²) in [5.41, 5.74) is 1.51. The van der Waals surface area contributed by atoms with Gasteiger partial charge in [0.15, 0.2) is 5.56 Å². The van der Waals surface area contributed by atoms with Crippen LogP contribution >= 0.6 is 7.80 Å². The van der Waals surface area contributed by atoms with E-state index < -0.39 is 19.0 Å². The van der Waals surface area contributed by atoms with Crippen LogP contribution in [0.2, 0.25) is 0 Å². The molecule has 0 radical (unpaired) electrons. The SMILES string of the molecule is COc1cc(OC)c(C(=O)[P+](=O)C(C)C(=O)c2c(C)cc(C(C)(C)C)cc2C)c(OC)c1. The molecule has 0 spiro atoms. The van der Waals surface area contributed by atoms with Crippen LogP contribution in [0.4, 0.5) is 0 Å². The monoisotopic (exact) mass is 459 g/mol. The Kier molecular flexibility index (Phi) is 7.84. The first-order valence-electron chi connectivity index (χ1n) is 10.3. The van der Waals surface area contributed by atoms with E-state index in [9.17, 15) is 14.2 Å². The zero-order valence-corrected chi connectivity index (χ0v) is 21.2. The number of rotatable bonds is 8. The normalized spacial score (nSPS) is 12.7. The largest absolute Gasteiger partial charge is 0.496 e. The van der Waals surface area contributed by atoms with Crippen molar-refractivity contribution in [3.63, 3.8) is 0 Å². The minimum absolute atomic E-state index is 0.0353. The highest BCUT2D eigenvalue weighted by Crippen LogP contribution is 2.43. The minimum Gasteiger partial charge on any atom is -0.496 e. The molecule has 6 nitrogen and oxygen atoms in total. The predicted octanol–water partition coefficient (Wildman–Crippen LogP) is 5.87. The Bertz CT molecular complexity index is 1020. The van der Waals surface area contributed by atoms with Crippen molar-refractivity contribution in [1.29, 1.82) is 0 Å². The number of benzene rings is 2. The number of carbonyl (C=O) groups is 2. The summed E-state index contributed by atoms with van der Waals surface area (Å²) < 4.78 is 29.1. The third-order valence-electron chi connectivity index (χ3n) is 5.51. The fourth-order valence-electron chi connectivity index (χ4n) is 3.60. The molecule has 2 rings (SSSR count). The van der Waals surface area contributed by atoms with Crippen LogP contribution in [0.1, 0.15) is 65.1 Å². The smallest absolute Gasteiger partial charge is 0.431 e. The van der Waals surface area contributed by atoms with Gasteiger partial charge in [-0.15, -0.1) is 0 Å². The van der Waals surface area contributed by atoms with Gasteiger partial charge >= 0.3 is 13.3 Å². The quantitative estimate of drug-likeness (QED) is 0.363. The van der Waals surface area contributed by atoms with Crippen molar-refractivity contribution in [1.82, 2.24) is 0 Å². The number of methoxy groups -OCH3 is 3. The van der Waals surface area contributed by atoms with Crippen LogP contribution in [0, 0.1) is 13.8 Å². The number of carbonyl (C=O) groups excluding carboxylic acids is 2. The molecule has 0 N–H and O–H groups in total. The highest BCUT2D eigenvalue weighted by molar-refractivity contribution is 7.66. The van der Waals surface area contributed by atoms with Gasteiger partial charge in [-0.3, -0.25) is 4.79 Å². The maximum atomic E-state index is 13.3. The van der Waals surface area contributed by atoms with E-state index in [1.807, 2.05) is 26.0 Å². The van der Waals surface area contributed by atoms with Crippen LogP contribution in [-0.4, -0.2) is 38.3 Å². The molecular formula is C25H32O6P+. The second-order valence-electron chi connectivity index (χ2n) is 8.81. The van der Waals surface area contributed by atoms with Crippen LogP contribution in [0.3, 0.4) is 0 Å². The minimum atomic E-state index is -2.59. The van der Waals surface area contributed by atoms with Crippen LogP contribution in [0.5, 0.6) is 17.2 Å². The summed E-state index contributed by atoms with van der Waals surface area (Å²) in [6.07, 6.45) is 0. The van der Waals surface area contributed by atoms with E-state index in [0.29, 0.717) is 11.3 Å². The van der Waals surface area contributed by atoms with E-state index >= 15 is 0 Å². The summed E-state index contributed by atoms with van der Waals surface area (Å²) in [6.45, 7) is 11.6. The van der Waals surface area contributed by atoms with Gasteiger partial charge in [0, 0.05) is 17.7 Å². The molecule has 0 amide bonds. The lowest BCUT2D eigenvalue weighted by molar-refractivity contribution is 0.0980. The molecular weight excluding hydrogens is 427 g/mol. The lowest BCUT2D eigenvalue weighted by Crippen LogP contribution is -2.20. The van der Waals surface area contributed by atoms with Crippen molar-refractivity contribution in [2.24, 2.45) is 0 Å². The zero-order chi connectivity index (χ0) is 24.4. The molecule has 2 aromatic carbocycles. The second kappa shape index (κ2) is 9.83. The van der Waals surface area contributed by atoms with Gasteiger partial charge in [-0.05, 0) is 42.9 Å². The third-order valence-corrected chi connectivity index (χ3v) is 7.07. The number of ether oxygens (including phenoxy) is 3. The topological polar surface area (TPSA) is 78.9 Å². The number of Topliss-reactive ketones (excluding diaryl/α,β-unsaturated/α-hetero) is 1. The standard InChI is InChI=1S/C25H32O6P/c1-14-10-17(25(4,5)6)11-15(2)21(14)23(26)16(3)32(28)24(27)22-19(30-8)12-18(29-7)13-20(22)31-9/h10-13,16H,1-9H3/q+1. The van der Waals surface area contributed by atoms with Crippen molar-refractivity contribution in [2.45, 2.75) is 52.6 Å². The Morgan fingerprint density at radius 1 is 0.844 bits per heavy atom. The van der Waals surface area contributed by atoms with Crippen molar-refractivity contribution < 1.29 is 28.4 Å². The Labute approximate surface area is 191 Å². The van der Waals surface area contributed by atoms with Crippen LogP contribution < -0.4 is 14.2 Å². The summed E-state index contributed by atoms with van der Waals surface area (Å²) >= 11 is 0. The van der Waals surface area contributed by atoms with Gasteiger partial charge in [0.1, 0.15) is 17.2 Å². The molecule has 2 atom stereocenters. The maximum absolute atomic E-state index is 13.3. The molecule has 0 saturated heterocycles. The van der Waals surface area contributed by atoms with Gasteiger partial charge in [-0.2, -0.15) is 0 Å². The van der Waals surface area contributed by atoms with E-state index in [1.165, 1.54) is 40.4 Å². The van der Waals surface area contributed by atoms with E-state index in [2.05, 4.69) is 20.8 Å². The van der Waals surface area contributed by atoms with Gasteiger partial charge in [0.05, 0.1) is 21.3 Å². The maximum Gasteiger partial charge on any atom is 0.431 e. The molecule has 2 aromatic rings. The van der Waals surface area contributed by atoms with Crippen LogP contribution in [0.15, 0.2) is 24.3 Å². The van der Waals surface area contributed by atoms with Crippen molar-refractivity contribution >= 4 is 19.1 Å². The fourth-order valence-corrected chi connectivity index (χ4v) is 4.74. The van der Waals surface area contributed by atoms with Crippen LogP contribution in [0.25, 0.3) is 0 Å². The highest BCUT2D eigenvalue weighted by Gasteiger charge is 2.45. The summed E-state index contributed by atoms with van der Waals surface area (Å²) in [5, 5.41) is 0. The average Bonchev–Trinajstić information content (AvgIpc) is 2.75. The molecule has 0 aliphatic heterocycles. The number of hydrogen-bond acceptors (Lipinski definition) is 6. The first-order valence-corrected chi connectivity index (χ1v) is 11.7. The van der Waals surface area contributed by atoms with E-state index in [1.54, 1.807) is 0 Å². The molecule has 172 valence electrons. The predicted molar refractivity (Wildman–Crippen MR) is 126 cm³/mol. The van der Waals surface area contributed by atoms with Gasteiger partial charge in [0.2, 0.25) is 11.4 Å². The molecule has 32 heavy (non-hydrogen) atoms. The van der Waals surface area contributed by atoms with Crippen LogP contribution in [-0.2, 0) is 9.98 Å². The number of hydrogen-bond donors (Lipinski definition) is 0. The lowest BCUT2D eigenvalue weighted by atomic mass is 9.83. The van der Waals surface area contributed by atoms with Crippen molar-refractivity contribution in [3.8, 4) is 17.2 Å².